The Balaban J connectivity index is 1.69. The summed E-state index contributed by atoms with van der Waals surface area (Å²) in [4.78, 5) is 4.35. The van der Waals surface area contributed by atoms with Crippen LogP contribution in [-0.4, -0.2) is 11.0 Å². The van der Waals surface area contributed by atoms with E-state index >= 15 is 0 Å². The number of hydrogen-bond acceptors (Lipinski definition) is 3. The fraction of sp³-hybridized carbons (Fsp3) is 0.471. The zero-order chi connectivity index (χ0) is 13.9. The van der Waals surface area contributed by atoms with Crippen molar-refractivity contribution in [1.29, 1.82) is 0 Å². The van der Waals surface area contributed by atoms with Crippen LogP contribution in [0.2, 0.25) is 0 Å². The molecule has 20 heavy (non-hydrogen) atoms. The second-order valence-corrected chi connectivity index (χ2v) is 6.96. The summed E-state index contributed by atoms with van der Waals surface area (Å²) in [6.07, 6.45) is 5.87. The van der Waals surface area contributed by atoms with Crippen molar-refractivity contribution < 1.29 is 0 Å². The van der Waals surface area contributed by atoms with Crippen LogP contribution < -0.4 is 5.32 Å². The van der Waals surface area contributed by atoms with E-state index in [1.54, 1.807) is 11.3 Å². The van der Waals surface area contributed by atoms with Crippen LogP contribution in [-0.2, 0) is 0 Å². The molecule has 3 heteroatoms. The predicted octanol–water partition coefficient (Wildman–Crippen LogP) is 5.05. The molecule has 1 N–H and O–H groups in total. The minimum absolute atomic E-state index is 0.615. The Labute approximate surface area is 125 Å². The molecule has 1 aromatic carbocycles. The van der Waals surface area contributed by atoms with Gasteiger partial charge in [-0.1, -0.05) is 20.3 Å². The smallest absolute Gasteiger partial charge is 0.123 e. The number of rotatable bonds is 3. The number of nitrogens with zero attached hydrogens (tertiary/aromatic N) is 1. The highest BCUT2D eigenvalue weighted by Gasteiger charge is 2.25. The lowest BCUT2D eigenvalue weighted by molar-refractivity contribution is 0.281. The number of hydrogen-bond donors (Lipinski definition) is 1. The lowest BCUT2D eigenvalue weighted by atomic mass is 9.80. The molecule has 106 valence electrons. The minimum Gasteiger partial charge on any atom is -0.382 e. The van der Waals surface area contributed by atoms with Gasteiger partial charge in [-0.15, -0.1) is 11.3 Å². The minimum atomic E-state index is 0.615. The van der Waals surface area contributed by atoms with Gasteiger partial charge in [-0.2, -0.15) is 0 Å². The lowest BCUT2D eigenvalue weighted by Gasteiger charge is -2.34. The predicted molar refractivity (Wildman–Crippen MR) is 87.1 cm³/mol. The summed E-state index contributed by atoms with van der Waals surface area (Å²) in [6, 6.07) is 9.31. The summed E-state index contributed by atoms with van der Waals surface area (Å²) in [7, 11) is 0. The topological polar surface area (TPSA) is 24.9 Å². The van der Waals surface area contributed by atoms with Crippen LogP contribution in [0.4, 0.5) is 5.69 Å². The van der Waals surface area contributed by atoms with Crippen molar-refractivity contribution in [2.45, 2.75) is 39.2 Å². The van der Waals surface area contributed by atoms with Gasteiger partial charge in [0.25, 0.3) is 0 Å². The third-order valence-corrected chi connectivity index (χ3v) is 5.20. The van der Waals surface area contributed by atoms with E-state index in [1.165, 1.54) is 30.5 Å². The fourth-order valence-electron chi connectivity index (χ4n) is 3.02. The van der Waals surface area contributed by atoms with Gasteiger partial charge in [0.1, 0.15) is 5.01 Å². The Bertz CT molecular complexity index is 533. The third-order valence-electron chi connectivity index (χ3n) is 4.37. The largest absolute Gasteiger partial charge is 0.382 e. The van der Waals surface area contributed by atoms with Crippen molar-refractivity contribution >= 4 is 17.0 Å². The second-order valence-electron chi connectivity index (χ2n) is 6.06. The van der Waals surface area contributed by atoms with Gasteiger partial charge < -0.3 is 5.32 Å². The monoisotopic (exact) mass is 286 g/mol. The molecule has 2 nitrogen and oxygen atoms in total. The molecule has 2 aromatic rings. The molecule has 1 saturated carbocycles. The summed E-state index contributed by atoms with van der Waals surface area (Å²) < 4.78 is 0. The molecule has 0 saturated heterocycles. The average Bonchev–Trinajstić information content (AvgIpc) is 2.98. The highest BCUT2D eigenvalue weighted by Crippen LogP contribution is 2.31. The van der Waals surface area contributed by atoms with Gasteiger partial charge in [0.2, 0.25) is 0 Å². The molecular weight excluding hydrogens is 264 g/mol. The number of benzene rings is 1. The highest BCUT2D eigenvalue weighted by molar-refractivity contribution is 7.13. The van der Waals surface area contributed by atoms with E-state index in [-0.39, 0.29) is 0 Å². The molecule has 0 amide bonds. The molecule has 0 spiro atoms. The SMILES string of the molecule is CC1CCC(C)C(Nc2ccc(-c3nccs3)cc2)C1. The van der Waals surface area contributed by atoms with Gasteiger partial charge in [0.15, 0.2) is 0 Å². The summed E-state index contributed by atoms with van der Waals surface area (Å²) in [6.45, 7) is 4.74. The maximum atomic E-state index is 4.35. The molecular formula is C17H22N2S. The zero-order valence-corrected chi connectivity index (χ0v) is 13.0. The van der Waals surface area contributed by atoms with Crippen LogP contribution in [0.5, 0.6) is 0 Å². The first-order valence-corrected chi connectivity index (χ1v) is 8.37. The van der Waals surface area contributed by atoms with Crippen LogP contribution >= 0.6 is 11.3 Å². The molecule has 3 rings (SSSR count). The fourth-order valence-corrected chi connectivity index (χ4v) is 3.67. The second kappa shape index (κ2) is 5.96. The van der Waals surface area contributed by atoms with Crippen molar-refractivity contribution in [3.05, 3.63) is 35.8 Å². The van der Waals surface area contributed by atoms with Crippen molar-refractivity contribution in [2.24, 2.45) is 11.8 Å². The van der Waals surface area contributed by atoms with Crippen LogP contribution in [0.15, 0.2) is 35.8 Å². The average molecular weight is 286 g/mol. The van der Waals surface area contributed by atoms with Crippen LogP contribution in [0.3, 0.4) is 0 Å². The Kier molecular flexibility index (Phi) is 4.06. The van der Waals surface area contributed by atoms with E-state index in [4.69, 9.17) is 0 Å². The Morgan fingerprint density at radius 2 is 1.95 bits per heavy atom. The first kappa shape index (κ1) is 13.6. The summed E-state index contributed by atoms with van der Waals surface area (Å²) in [5.74, 6) is 1.61. The van der Waals surface area contributed by atoms with Crippen molar-refractivity contribution in [3.63, 3.8) is 0 Å². The molecule has 3 atom stereocenters. The van der Waals surface area contributed by atoms with Gasteiger partial charge >= 0.3 is 0 Å². The van der Waals surface area contributed by atoms with Crippen LogP contribution in [0, 0.1) is 11.8 Å². The van der Waals surface area contributed by atoms with Crippen LogP contribution in [0.1, 0.15) is 33.1 Å². The van der Waals surface area contributed by atoms with Gasteiger partial charge in [0.05, 0.1) is 0 Å². The van der Waals surface area contributed by atoms with E-state index in [1.807, 2.05) is 11.6 Å². The van der Waals surface area contributed by atoms with Crippen molar-refractivity contribution in [1.82, 2.24) is 4.98 Å². The van der Waals surface area contributed by atoms with Crippen molar-refractivity contribution in [3.8, 4) is 10.6 Å². The normalized spacial score (nSPS) is 26.4. The highest BCUT2D eigenvalue weighted by atomic mass is 32.1. The van der Waals surface area contributed by atoms with Gasteiger partial charge in [-0.05, 0) is 48.9 Å². The summed E-state index contributed by atoms with van der Waals surface area (Å²) in [5.41, 5.74) is 2.44. The van der Waals surface area contributed by atoms with E-state index in [2.05, 4.69) is 48.4 Å². The molecule has 1 aliphatic carbocycles. The number of anilines is 1. The van der Waals surface area contributed by atoms with Crippen molar-refractivity contribution in [2.75, 3.05) is 5.32 Å². The molecule has 0 aliphatic heterocycles. The first-order valence-electron chi connectivity index (χ1n) is 7.49. The Morgan fingerprint density at radius 3 is 2.65 bits per heavy atom. The van der Waals surface area contributed by atoms with Gasteiger partial charge in [-0.3, -0.25) is 0 Å². The quantitative estimate of drug-likeness (QED) is 0.854. The van der Waals surface area contributed by atoms with Gasteiger partial charge in [-0.25, -0.2) is 4.98 Å². The van der Waals surface area contributed by atoms with Crippen LogP contribution in [0.25, 0.3) is 10.6 Å². The van der Waals surface area contributed by atoms with E-state index in [0.29, 0.717) is 6.04 Å². The number of thiazole rings is 1. The molecule has 1 fully saturated rings. The van der Waals surface area contributed by atoms with E-state index in [9.17, 15) is 0 Å². The maximum absolute atomic E-state index is 4.35. The number of aromatic nitrogens is 1. The molecule has 0 radical (unpaired) electrons. The summed E-state index contributed by atoms with van der Waals surface area (Å²) in [5, 5.41) is 6.83. The van der Waals surface area contributed by atoms with Gasteiger partial charge in [0, 0.05) is 28.9 Å². The maximum Gasteiger partial charge on any atom is 0.123 e. The third kappa shape index (κ3) is 3.04. The van der Waals surface area contributed by atoms with E-state index in [0.717, 1.165) is 16.8 Å². The Hall–Kier alpha value is -1.35. The molecule has 0 bridgehead atoms. The number of nitrogens with one attached hydrogen (secondary N) is 1. The zero-order valence-electron chi connectivity index (χ0n) is 12.2. The van der Waals surface area contributed by atoms with E-state index < -0.39 is 0 Å². The molecule has 3 unspecified atom stereocenters. The Morgan fingerprint density at radius 1 is 1.15 bits per heavy atom. The molecule has 1 aromatic heterocycles. The lowest BCUT2D eigenvalue weighted by Crippen LogP contribution is -2.33. The first-order chi connectivity index (χ1) is 9.72. The standard InChI is InChI=1S/C17H22N2S/c1-12-3-4-13(2)16(11-12)19-15-7-5-14(6-8-15)17-18-9-10-20-17/h5-10,12-13,16,19H,3-4,11H2,1-2H3. The molecule has 1 heterocycles. The summed E-state index contributed by atoms with van der Waals surface area (Å²) >= 11 is 1.69. The molecule has 1 aliphatic rings.